The Kier molecular flexibility index (Phi) is 1.63. The van der Waals surface area contributed by atoms with Gasteiger partial charge in [-0.25, -0.2) is 0 Å². The van der Waals surface area contributed by atoms with Gasteiger partial charge >= 0.3 is 0 Å². The molecule has 1 aromatic heterocycles. The van der Waals surface area contributed by atoms with E-state index in [0.29, 0.717) is 5.69 Å². The first-order valence-corrected chi connectivity index (χ1v) is 2.90. The molecule has 48 valence electrons. The van der Waals surface area contributed by atoms with Gasteiger partial charge in [-0.3, -0.25) is 0 Å². The van der Waals surface area contributed by atoms with Crippen molar-refractivity contribution in [2.24, 2.45) is 0 Å². The van der Waals surface area contributed by atoms with Crippen LogP contribution in [0.5, 0.6) is 0 Å². The van der Waals surface area contributed by atoms with Gasteiger partial charge in [0.05, 0.1) is 17.6 Å². The minimum atomic E-state index is 0.682. The van der Waals surface area contributed by atoms with Crippen LogP contribution in [0.1, 0.15) is 12.6 Å². The predicted octanol–water partition coefficient (Wildman–Crippen LogP) is 0.621. The number of hydrogen-bond acceptors (Lipinski definition) is 3. The van der Waals surface area contributed by atoms with E-state index in [2.05, 4.69) is 10.2 Å². The highest BCUT2D eigenvalue weighted by Gasteiger charge is 1.89. The summed E-state index contributed by atoms with van der Waals surface area (Å²) in [7, 11) is 0. The molecule has 0 unspecified atom stereocenters. The van der Waals surface area contributed by atoms with Crippen molar-refractivity contribution in [1.29, 1.82) is 0 Å². The topological polar surface area (TPSA) is 51.8 Å². The third-order valence-corrected chi connectivity index (χ3v) is 1.09. The fourth-order valence-corrected chi connectivity index (χ4v) is 0.601. The predicted molar refractivity (Wildman–Crippen MR) is 35.8 cm³/mol. The molecule has 1 aromatic rings. The molecule has 0 aliphatic carbocycles. The molecule has 2 N–H and O–H groups in total. The normalized spacial score (nSPS) is 9.44. The number of nitrogens with zero attached hydrogens (tertiary/aromatic N) is 2. The van der Waals surface area contributed by atoms with E-state index >= 15 is 0 Å². The molecule has 3 heteroatoms. The molecule has 0 saturated carbocycles. The summed E-state index contributed by atoms with van der Waals surface area (Å²) < 4.78 is 0. The Morgan fingerprint density at radius 1 is 1.67 bits per heavy atom. The zero-order valence-corrected chi connectivity index (χ0v) is 5.33. The Morgan fingerprint density at radius 3 is 2.89 bits per heavy atom. The van der Waals surface area contributed by atoms with Crippen LogP contribution in [0.15, 0.2) is 12.3 Å². The monoisotopic (exact) mass is 123 g/mol. The third-order valence-electron chi connectivity index (χ3n) is 1.09. The Bertz CT molecular complexity index is 197. The molecule has 0 aliphatic heterocycles. The van der Waals surface area contributed by atoms with Crippen molar-refractivity contribution in [3.63, 3.8) is 0 Å². The van der Waals surface area contributed by atoms with Gasteiger partial charge in [0.2, 0.25) is 0 Å². The van der Waals surface area contributed by atoms with Crippen LogP contribution in [-0.2, 0) is 6.42 Å². The van der Waals surface area contributed by atoms with Crippen LogP contribution in [-0.4, -0.2) is 10.2 Å². The van der Waals surface area contributed by atoms with Crippen LogP contribution in [0.2, 0.25) is 0 Å². The van der Waals surface area contributed by atoms with Crippen molar-refractivity contribution in [2.45, 2.75) is 13.3 Å². The lowest BCUT2D eigenvalue weighted by Crippen LogP contribution is -1.93. The number of aryl methyl sites for hydroxylation is 1. The first kappa shape index (κ1) is 6.01. The second-order valence-corrected chi connectivity index (χ2v) is 1.83. The van der Waals surface area contributed by atoms with Gasteiger partial charge in [-0.05, 0) is 12.5 Å². The second-order valence-electron chi connectivity index (χ2n) is 1.83. The summed E-state index contributed by atoms with van der Waals surface area (Å²) >= 11 is 0. The van der Waals surface area contributed by atoms with Crippen molar-refractivity contribution in [3.8, 4) is 0 Å². The Balaban J connectivity index is 2.94. The van der Waals surface area contributed by atoms with E-state index in [1.165, 1.54) is 0 Å². The maximum absolute atomic E-state index is 5.43. The van der Waals surface area contributed by atoms with Gasteiger partial charge in [0.25, 0.3) is 0 Å². The van der Waals surface area contributed by atoms with E-state index in [9.17, 15) is 0 Å². The molecule has 1 rings (SSSR count). The first-order chi connectivity index (χ1) is 4.33. The van der Waals surface area contributed by atoms with Gasteiger partial charge in [-0.2, -0.15) is 10.2 Å². The number of hydrogen-bond donors (Lipinski definition) is 1. The average Bonchev–Trinajstić information content (AvgIpc) is 1.88. The van der Waals surface area contributed by atoms with Crippen LogP contribution >= 0.6 is 0 Å². The smallest absolute Gasteiger partial charge is 0.0726 e. The maximum Gasteiger partial charge on any atom is 0.0726 e. The molecular weight excluding hydrogens is 114 g/mol. The average molecular weight is 123 g/mol. The van der Waals surface area contributed by atoms with Crippen molar-refractivity contribution in [2.75, 3.05) is 5.73 Å². The largest absolute Gasteiger partial charge is 0.397 e. The van der Waals surface area contributed by atoms with E-state index in [1.807, 2.05) is 13.0 Å². The minimum absolute atomic E-state index is 0.682. The fourth-order valence-electron chi connectivity index (χ4n) is 0.601. The van der Waals surface area contributed by atoms with Crippen molar-refractivity contribution >= 4 is 5.69 Å². The van der Waals surface area contributed by atoms with E-state index < -0.39 is 0 Å². The third kappa shape index (κ3) is 1.38. The summed E-state index contributed by atoms with van der Waals surface area (Å²) in [5.74, 6) is 0. The minimum Gasteiger partial charge on any atom is -0.397 e. The molecule has 0 aliphatic rings. The lowest BCUT2D eigenvalue weighted by Gasteiger charge is -1.92. The molecule has 0 bridgehead atoms. The molecule has 3 nitrogen and oxygen atoms in total. The summed E-state index contributed by atoms with van der Waals surface area (Å²) in [5, 5.41) is 7.51. The van der Waals surface area contributed by atoms with E-state index in [4.69, 9.17) is 5.73 Å². The molecule has 0 atom stereocenters. The summed E-state index contributed by atoms with van der Waals surface area (Å²) in [5.41, 5.74) is 7.05. The summed E-state index contributed by atoms with van der Waals surface area (Å²) in [6, 6.07) is 1.83. The Hall–Kier alpha value is -1.12. The SMILES string of the molecule is CCc1cc(N)cnn1. The van der Waals surface area contributed by atoms with Gasteiger partial charge in [0.1, 0.15) is 0 Å². The first-order valence-electron chi connectivity index (χ1n) is 2.90. The summed E-state index contributed by atoms with van der Waals surface area (Å²) in [6.45, 7) is 2.02. The van der Waals surface area contributed by atoms with Gasteiger partial charge in [-0.1, -0.05) is 6.92 Å². The summed E-state index contributed by atoms with van der Waals surface area (Å²) in [6.07, 6.45) is 2.43. The van der Waals surface area contributed by atoms with Crippen LogP contribution in [0.4, 0.5) is 5.69 Å². The van der Waals surface area contributed by atoms with Gasteiger partial charge in [0, 0.05) is 0 Å². The highest BCUT2D eigenvalue weighted by molar-refractivity contribution is 5.34. The quantitative estimate of drug-likeness (QED) is 0.595. The van der Waals surface area contributed by atoms with Crippen molar-refractivity contribution in [1.82, 2.24) is 10.2 Å². The van der Waals surface area contributed by atoms with Gasteiger partial charge < -0.3 is 5.73 Å². The molecule has 0 aromatic carbocycles. The maximum atomic E-state index is 5.43. The molecule has 0 radical (unpaired) electrons. The van der Waals surface area contributed by atoms with Crippen LogP contribution in [0.25, 0.3) is 0 Å². The molecule has 1 heterocycles. The molecule has 0 saturated heterocycles. The number of aromatic nitrogens is 2. The van der Waals surface area contributed by atoms with E-state index in [1.54, 1.807) is 6.20 Å². The van der Waals surface area contributed by atoms with Crippen molar-refractivity contribution in [3.05, 3.63) is 18.0 Å². The van der Waals surface area contributed by atoms with Crippen LogP contribution in [0.3, 0.4) is 0 Å². The van der Waals surface area contributed by atoms with Gasteiger partial charge in [0.15, 0.2) is 0 Å². The summed E-state index contributed by atoms with van der Waals surface area (Å²) in [4.78, 5) is 0. The van der Waals surface area contributed by atoms with E-state index in [0.717, 1.165) is 12.1 Å². The number of rotatable bonds is 1. The molecule has 9 heavy (non-hydrogen) atoms. The van der Waals surface area contributed by atoms with E-state index in [-0.39, 0.29) is 0 Å². The van der Waals surface area contributed by atoms with Crippen LogP contribution < -0.4 is 5.73 Å². The molecular formula is C6H9N3. The lowest BCUT2D eigenvalue weighted by molar-refractivity contribution is 0.922. The standard InChI is InChI=1S/C6H9N3/c1-2-6-3-5(7)4-8-9-6/h3-4H,2H2,1H3,(H2,7,9). The fraction of sp³-hybridized carbons (Fsp3) is 0.333. The zero-order valence-electron chi connectivity index (χ0n) is 5.33. The molecule has 0 amide bonds. The molecule has 0 spiro atoms. The molecule has 0 fully saturated rings. The van der Waals surface area contributed by atoms with Gasteiger partial charge in [-0.15, -0.1) is 0 Å². The number of nitrogen functional groups attached to an aromatic ring is 1. The highest BCUT2D eigenvalue weighted by Crippen LogP contribution is 1.99. The van der Waals surface area contributed by atoms with Crippen LogP contribution in [0, 0.1) is 0 Å². The lowest BCUT2D eigenvalue weighted by atomic mass is 10.3. The number of nitrogens with two attached hydrogens (primary N) is 1. The number of anilines is 1. The Morgan fingerprint density at radius 2 is 2.44 bits per heavy atom. The second kappa shape index (κ2) is 2.44. The highest BCUT2D eigenvalue weighted by atomic mass is 15.1. The Labute approximate surface area is 53.9 Å². The van der Waals surface area contributed by atoms with Crippen molar-refractivity contribution < 1.29 is 0 Å². The zero-order chi connectivity index (χ0) is 6.69.